The molecule has 0 amide bonds. The molecule has 0 unspecified atom stereocenters. The number of nitro groups is 1. The number of benzene rings is 3. The molecule has 3 aromatic rings. The lowest BCUT2D eigenvalue weighted by molar-refractivity contribution is -0.385. The predicted molar refractivity (Wildman–Crippen MR) is 101 cm³/mol. The summed E-state index contributed by atoms with van der Waals surface area (Å²) in [6.07, 6.45) is 0. The Morgan fingerprint density at radius 3 is 2.26 bits per heavy atom. The van der Waals surface area contributed by atoms with E-state index in [0.717, 1.165) is 5.56 Å². The maximum Gasteiger partial charge on any atom is 0.315 e. The highest BCUT2D eigenvalue weighted by molar-refractivity contribution is 5.65. The van der Waals surface area contributed by atoms with E-state index in [0.29, 0.717) is 11.5 Å². The molecule has 0 saturated carbocycles. The zero-order valence-corrected chi connectivity index (χ0v) is 14.6. The average Bonchev–Trinajstić information content (AvgIpc) is 2.68. The van der Waals surface area contributed by atoms with Gasteiger partial charge in [0.2, 0.25) is 5.75 Å². The van der Waals surface area contributed by atoms with Gasteiger partial charge in [-0.1, -0.05) is 30.3 Å². The van der Waals surface area contributed by atoms with Gasteiger partial charge in [-0.25, -0.2) is 0 Å². The van der Waals surface area contributed by atoms with Crippen LogP contribution in [0, 0.1) is 10.1 Å². The van der Waals surface area contributed by atoms with Crippen molar-refractivity contribution in [3.8, 4) is 23.0 Å². The fourth-order valence-corrected chi connectivity index (χ4v) is 2.42. The van der Waals surface area contributed by atoms with Gasteiger partial charge in [-0.2, -0.15) is 0 Å². The summed E-state index contributed by atoms with van der Waals surface area (Å²) in [6, 6.07) is 18.8. The highest BCUT2D eigenvalue weighted by Gasteiger charge is 2.20. The number of nitrogens with zero attached hydrogens (tertiary/aromatic N) is 1. The van der Waals surface area contributed by atoms with Gasteiger partial charge in [0.15, 0.2) is 0 Å². The largest absolute Gasteiger partial charge is 0.497 e. The monoisotopic (exact) mass is 366 g/mol. The fraction of sp³-hybridized carbons (Fsp3) is 0.100. The van der Waals surface area contributed by atoms with Gasteiger partial charge in [-0.05, 0) is 29.8 Å². The van der Waals surface area contributed by atoms with E-state index in [1.165, 1.54) is 12.1 Å². The van der Waals surface area contributed by atoms with Crippen molar-refractivity contribution < 1.29 is 19.1 Å². The third-order valence-corrected chi connectivity index (χ3v) is 3.81. The Kier molecular flexibility index (Phi) is 5.41. The Hall–Kier alpha value is -3.74. The molecule has 3 rings (SSSR count). The van der Waals surface area contributed by atoms with Gasteiger partial charge >= 0.3 is 5.69 Å². The molecule has 0 aromatic heterocycles. The summed E-state index contributed by atoms with van der Waals surface area (Å²) in [5.41, 5.74) is 6.95. The zero-order valence-electron chi connectivity index (χ0n) is 14.6. The number of rotatable bonds is 7. The van der Waals surface area contributed by atoms with E-state index in [4.69, 9.17) is 19.9 Å². The number of nitro benzene ring substituents is 1. The number of anilines is 1. The Morgan fingerprint density at radius 1 is 0.963 bits per heavy atom. The molecule has 0 aliphatic rings. The minimum atomic E-state index is -0.534. The molecule has 7 nitrogen and oxygen atoms in total. The topological polar surface area (TPSA) is 96.9 Å². The Morgan fingerprint density at radius 2 is 1.63 bits per heavy atom. The molecule has 7 heteroatoms. The van der Waals surface area contributed by atoms with Crippen LogP contribution >= 0.6 is 0 Å². The van der Waals surface area contributed by atoms with Crippen molar-refractivity contribution in [2.75, 3.05) is 12.8 Å². The van der Waals surface area contributed by atoms with Crippen molar-refractivity contribution in [3.05, 3.63) is 82.4 Å². The third-order valence-electron chi connectivity index (χ3n) is 3.81. The smallest absolute Gasteiger partial charge is 0.315 e. The van der Waals surface area contributed by atoms with Crippen molar-refractivity contribution >= 4 is 11.4 Å². The van der Waals surface area contributed by atoms with Gasteiger partial charge in [0, 0.05) is 6.07 Å². The Labute approximate surface area is 156 Å². The number of hydrogen-bond donors (Lipinski definition) is 1. The van der Waals surface area contributed by atoms with Crippen LogP contribution in [0.25, 0.3) is 0 Å². The number of hydrogen-bond acceptors (Lipinski definition) is 6. The van der Waals surface area contributed by atoms with Crippen LogP contribution in [0.15, 0.2) is 66.7 Å². The third kappa shape index (κ3) is 4.46. The molecule has 0 aliphatic carbocycles. The molecule has 0 bridgehead atoms. The first kappa shape index (κ1) is 18.1. The molecule has 0 heterocycles. The van der Waals surface area contributed by atoms with E-state index >= 15 is 0 Å². The van der Waals surface area contributed by atoms with Crippen LogP contribution in [0.4, 0.5) is 11.4 Å². The number of nitrogens with two attached hydrogens (primary N) is 1. The van der Waals surface area contributed by atoms with Crippen LogP contribution < -0.4 is 19.9 Å². The Balaban J connectivity index is 1.83. The molecule has 138 valence electrons. The maximum absolute atomic E-state index is 11.5. The highest BCUT2D eigenvalue weighted by Crippen LogP contribution is 2.39. The normalized spacial score (nSPS) is 10.3. The number of methoxy groups -OCH3 is 1. The molecule has 0 aliphatic heterocycles. The van der Waals surface area contributed by atoms with Gasteiger partial charge in [0.05, 0.1) is 23.8 Å². The second-order valence-electron chi connectivity index (χ2n) is 5.67. The lowest BCUT2D eigenvalue weighted by Gasteiger charge is -2.12. The molecule has 0 fully saturated rings. The van der Waals surface area contributed by atoms with E-state index in [2.05, 4.69) is 0 Å². The van der Waals surface area contributed by atoms with E-state index in [1.807, 2.05) is 30.3 Å². The maximum atomic E-state index is 11.5. The minimum absolute atomic E-state index is 0.0368. The van der Waals surface area contributed by atoms with Crippen LogP contribution in [0.5, 0.6) is 23.0 Å². The summed E-state index contributed by atoms with van der Waals surface area (Å²) in [7, 11) is 1.55. The van der Waals surface area contributed by atoms with Crippen molar-refractivity contribution in [2.24, 2.45) is 0 Å². The van der Waals surface area contributed by atoms with E-state index in [1.54, 1.807) is 31.4 Å². The van der Waals surface area contributed by atoms with Crippen LogP contribution in [0.2, 0.25) is 0 Å². The van der Waals surface area contributed by atoms with E-state index in [-0.39, 0.29) is 29.5 Å². The zero-order chi connectivity index (χ0) is 19.2. The second kappa shape index (κ2) is 8.09. The van der Waals surface area contributed by atoms with Crippen LogP contribution in [0.3, 0.4) is 0 Å². The molecule has 2 N–H and O–H groups in total. The van der Waals surface area contributed by atoms with Crippen molar-refractivity contribution in [3.63, 3.8) is 0 Å². The molecule has 0 saturated heterocycles. The molecule has 27 heavy (non-hydrogen) atoms. The Bertz CT molecular complexity index is 927. The molecular formula is C20H18N2O5. The molecular weight excluding hydrogens is 348 g/mol. The van der Waals surface area contributed by atoms with E-state index in [9.17, 15) is 10.1 Å². The summed E-state index contributed by atoms with van der Waals surface area (Å²) >= 11 is 0. The minimum Gasteiger partial charge on any atom is -0.497 e. The van der Waals surface area contributed by atoms with Crippen molar-refractivity contribution in [1.82, 2.24) is 0 Å². The first-order valence-corrected chi connectivity index (χ1v) is 8.13. The van der Waals surface area contributed by atoms with Crippen LogP contribution in [0.1, 0.15) is 5.56 Å². The lowest BCUT2D eigenvalue weighted by atomic mass is 10.2. The van der Waals surface area contributed by atoms with Gasteiger partial charge in [0.25, 0.3) is 0 Å². The van der Waals surface area contributed by atoms with Crippen molar-refractivity contribution in [1.29, 1.82) is 0 Å². The number of nitrogen functional groups attached to an aromatic ring is 1. The lowest BCUT2D eigenvalue weighted by Crippen LogP contribution is -2.01. The van der Waals surface area contributed by atoms with E-state index < -0.39 is 4.92 Å². The summed E-state index contributed by atoms with van der Waals surface area (Å²) in [5, 5.41) is 11.5. The van der Waals surface area contributed by atoms with Gasteiger partial charge < -0.3 is 19.9 Å². The van der Waals surface area contributed by atoms with Gasteiger partial charge in [-0.15, -0.1) is 0 Å². The second-order valence-corrected chi connectivity index (χ2v) is 5.67. The molecule has 0 atom stereocenters. The van der Waals surface area contributed by atoms with Gasteiger partial charge in [-0.3, -0.25) is 10.1 Å². The standard InChI is InChI=1S/C20H18N2O5/c1-25-15-7-9-16(10-8-15)27-20-11-17(21)19(12-18(20)22(23)24)26-13-14-5-3-2-4-6-14/h2-12H,13,21H2,1H3. The number of ether oxygens (including phenoxy) is 3. The highest BCUT2D eigenvalue weighted by atomic mass is 16.6. The SMILES string of the molecule is COc1ccc(Oc2cc(N)c(OCc3ccccc3)cc2[N+](=O)[O-])cc1. The average molecular weight is 366 g/mol. The fourth-order valence-electron chi connectivity index (χ4n) is 2.42. The summed E-state index contributed by atoms with van der Waals surface area (Å²) in [6.45, 7) is 0.251. The summed E-state index contributed by atoms with van der Waals surface area (Å²) in [5.74, 6) is 1.35. The van der Waals surface area contributed by atoms with Crippen LogP contribution in [-0.4, -0.2) is 12.0 Å². The molecule has 3 aromatic carbocycles. The summed E-state index contributed by atoms with van der Waals surface area (Å²) in [4.78, 5) is 10.9. The first-order chi connectivity index (χ1) is 13.1. The predicted octanol–water partition coefficient (Wildman–Crippen LogP) is 4.56. The van der Waals surface area contributed by atoms with Gasteiger partial charge in [0.1, 0.15) is 23.9 Å². The first-order valence-electron chi connectivity index (χ1n) is 8.13. The molecule has 0 radical (unpaired) electrons. The van der Waals surface area contributed by atoms with Crippen LogP contribution in [-0.2, 0) is 6.61 Å². The quantitative estimate of drug-likeness (QED) is 0.374. The van der Waals surface area contributed by atoms with Crippen molar-refractivity contribution in [2.45, 2.75) is 6.61 Å². The summed E-state index contributed by atoms with van der Waals surface area (Å²) < 4.78 is 16.4. The molecule has 0 spiro atoms.